The number of nitrogens with one attached hydrogen (secondary N) is 1. The fourth-order valence-corrected chi connectivity index (χ4v) is 3.70. The van der Waals surface area contributed by atoms with Gasteiger partial charge in [0.05, 0.1) is 12.1 Å². The van der Waals surface area contributed by atoms with Crippen molar-refractivity contribution in [3.8, 4) is 11.5 Å². The van der Waals surface area contributed by atoms with Crippen molar-refractivity contribution in [2.24, 2.45) is 0 Å². The molecule has 1 aliphatic carbocycles. The van der Waals surface area contributed by atoms with Crippen molar-refractivity contribution in [2.75, 3.05) is 13.2 Å². The van der Waals surface area contributed by atoms with Crippen LogP contribution in [0, 0.1) is 0 Å². The Balaban J connectivity index is 1.50. The number of ether oxygens (including phenoxy) is 2. The third-order valence-electron chi connectivity index (χ3n) is 4.97. The smallest absolute Gasteiger partial charge is 0.222 e. The van der Waals surface area contributed by atoms with Gasteiger partial charge in [-0.2, -0.15) is 5.10 Å². The topological polar surface area (TPSA) is 78.3 Å². The summed E-state index contributed by atoms with van der Waals surface area (Å²) in [6, 6.07) is 6.03. The molecule has 2 aliphatic rings. The number of hydrogen-bond acceptors (Lipinski definition) is 5. The first-order valence-electron chi connectivity index (χ1n) is 8.79. The SMILES string of the molecule is O=C(CCn1cncn1)NC1(c2ccc3c(c2)OCCO3)CCCC1. The summed E-state index contributed by atoms with van der Waals surface area (Å²) in [5, 5.41) is 7.32. The van der Waals surface area contributed by atoms with Gasteiger partial charge >= 0.3 is 0 Å². The molecule has 1 aromatic carbocycles. The minimum absolute atomic E-state index is 0.0345. The van der Waals surface area contributed by atoms with Gasteiger partial charge in [-0.25, -0.2) is 4.98 Å². The molecule has 7 heteroatoms. The third-order valence-corrected chi connectivity index (χ3v) is 4.97. The second kappa shape index (κ2) is 6.74. The largest absolute Gasteiger partial charge is 0.486 e. The van der Waals surface area contributed by atoms with Gasteiger partial charge in [-0.1, -0.05) is 18.9 Å². The maximum absolute atomic E-state index is 12.5. The number of carbonyl (C=O) groups excluding carboxylic acids is 1. The number of carbonyl (C=O) groups is 1. The predicted octanol–water partition coefficient (Wildman–Crippen LogP) is 2.03. The van der Waals surface area contributed by atoms with Crippen molar-refractivity contribution < 1.29 is 14.3 Å². The molecular weight excluding hydrogens is 320 g/mol. The Kier molecular flexibility index (Phi) is 4.29. The zero-order chi connectivity index (χ0) is 17.1. The maximum atomic E-state index is 12.5. The monoisotopic (exact) mass is 342 g/mol. The summed E-state index contributed by atoms with van der Waals surface area (Å²) in [4.78, 5) is 16.4. The first kappa shape index (κ1) is 15.9. The highest BCUT2D eigenvalue weighted by atomic mass is 16.6. The molecule has 0 unspecified atom stereocenters. The van der Waals surface area contributed by atoms with Crippen LogP contribution in [0.3, 0.4) is 0 Å². The third kappa shape index (κ3) is 3.31. The summed E-state index contributed by atoms with van der Waals surface area (Å²) in [6.07, 6.45) is 7.60. The number of rotatable bonds is 5. The zero-order valence-electron chi connectivity index (χ0n) is 14.1. The lowest BCUT2D eigenvalue weighted by atomic mass is 9.87. The van der Waals surface area contributed by atoms with Gasteiger partial charge in [0.15, 0.2) is 11.5 Å². The molecule has 1 saturated carbocycles. The van der Waals surface area contributed by atoms with Gasteiger partial charge < -0.3 is 14.8 Å². The number of hydrogen-bond donors (Lipinski definition) is 1. The first-order chi connectivity index (χ1) is 12.3. The van der Waals surface area contributed by atoms with E-state index >= 15 is 0 Å². The van der Waals surface area contributed by atoms with Gasteiger partial charge in [-0.05, 0) is 30.5 Å². The van der Waals surface area contributed by atoms with E-state index in [1.54, 1.807) is 11.0 Å². The first-order valence-corrected chi connectivity index (χ1v) is 8.79. The van der Waals surface area contributed by atoms with E-state index in [9.17, 15) is 4.79 Å². The molecule has 7 nitrogen and oxygen atoms in total. The fraction of sp³-hybridized carbons (Fsp3) is 0.500. The number of benzene rings is 1. The van der Waals surface area contributed by atoms with Crippen LogP contribution in [0.25, 0.3) is 0 Å². The van der Waals surface area contributed by atoms with Crippen molar-refractivity contribution in [2.45, 2.75) is 44.2 Å². The van der Waals surface area contributed by atoms with Crippen LogP contribution >= 0.6 is 0 Å². The second-order valence-corrected chi connectivity index (χ2v) is 6.60. The average Bonchev–Trinajstić information content (AvgIpc) is 3.32. The predicted molar refractivity (Wildman–Crippen MR) is 90.4 cm³/mol. The van der Waals surface area contributed by atoms with Crippen LogP contribution in [0.2, 0.25) is 0 Å². The molecule has 0 bridgehead atoms. The molecule has 0 atom stereocenters. The normalized spacial score (nSPS) is 18.1. The summed E-state index contributed by atoms with van der Waals surface area (Å²) in [5.74, 6) is 1.58. The van der Waals surface area contributed by atoms with E-state index in [1.165, 1.54) is 6.33 Å². The van der Waals surface area contributed by atoms with Crippen LogP contribution in [-0.4, -0.2) is 33.9 Å². The molecule has 1 aromatic heterocycles. The standard InChI is InChI=1S/C18H22N4O3/c23-17(5-8-22-13-19-12-20-22)21-18(6-1-2-7-18)14-3-4-15-16(11-14)25-10-9-24-15/h3-4,11-13H,1-2,5-10H2,(H,21,23). The highest BCUT2D eigenvalue weighted by molar-refractivity contribution is 5.77. The van der Waals surface area contributed by atoms with E-state index < -0.39 is 0 Å². The van der Waals surface area contributed by atoms with Crippen molar-refractivity contribution in [3.05, 3.63) is 36.4 Å². The average molecular weight is 342 g/mol. The Labute approximate surface area is 146 Å². The van der Waals surface area contributed by atoms with Crippen LogP contribution in [-0.2, 0) is 16.9 Å². The molecule has 132 valence electrons. The van der Waals surface area contributed by atoms with Gasteiger partial charge in [-0.3, -0.25) is 9.48 Å². The zero-order valence-corrected chi connectivity index (χ0v) is 14.1. The van der Waals surface area contributed by atoms with E-state index in [0.29, 0.717) is 26.2 Å². The molecule has 0 radical (unpaired) electrons. The Morgan fingerprint density at radius 2 is 2.00 bits per heavy atom. The molecule has 4 rings (SSSR count). The molecule has 2 aromatic rings. The molecule has 1 N–H and O–H groups in total. The molecule has 0 saturated heterocycles. The number of aryl methyl sites for hydroxylation is 1. The minimum Gasteiger partial charge on any atom is -0.486 e. The Morgan fingerprint density at radius 3 is 2.76 bits per heavy atom. The minimum atomic E-state index is -0.310. The lowest BCUT2D eigenvalue weighted by molar-refractivity contribution is -0.123. The lowest BCUT2D eigenvalue weighted by Crippen LogP contribution is -2.44. The lowest BCUT2D eigenvalue weighted by Gasteiger charge is -2.32. The van der Waals surface area contributed by atoms with Crippen molar-refractivity contribution >= 4 is 5.91 Å². The molecule has 1 amide bonds. The van der Waals surface area contributed by atoms with Gasteiger partial charge in [-0.15, -0.1) is 0 Å². The fourth-order valence-electron chi connectivity index (χ4n) is 3.70. The van der Waals surface area contributed by atoms with E-state index in [1.807, 2.05) is 12.1 Å². The van der Waals surface area contributed by atoms with Crippen LogP contribution in [0.1, 0.15) is 37.7 Å². The molecule has 0 spiro atoms. The summed E-state index contributed by atoms with van der Waals surface area (Å²) >= 11 is 0. The van der Waals surface area contributed by atoms with Crippen LogP contribution in [0.15, 0.2) is 30.9 Å². The Morgan fingerprint density at radius 1 is 1.20 bits per heavy atom. The van der Waals surface area contributed by atoms with E-state index in [0.717, 1.165) is 42.7 Å². The van der Waals surface area contributed by atoms with E-state index in [-0.39, 0.29) is 11.4 Å². The Hall–Kier alpha value is -2.57. The van der Waals surface area contributed by atoms with Gasteiger partial charge in [0.25, 0.3) is 0 Å². The summed E-state index contributed by atoms with van der Waals surface area (Å²) in [5.41, 5.74) is 0.790. The molecule has 2 heterocycles. The molecule has 1 fully saturated rings. The summed E-state index contributed by atoms with van der Waals surface area (Å²) in [7, 11) is 0. The molecule has 25 heavy (non-hydrogen) atoms. The second-order valence-electron chi connectivity index (χ2n) is 6.60. The van der Waals surface area contributed by atoms with Crippen LogP contribution < -0.4 is 14.8 Å². The number of nitrogens with zero attached hydrogens (tertiary/aromatic N) is 3. The maximum Gasteiger partial charge on any atom is 0.222 e. The number of amides is 1. The quantitative estimate of drug-likeness (QED) is 0.899. The summed E-state index contributed by atoms with van der Waals surface area (Å²) < 4.78 is 13.0. The number of aromatic nitrogens is 3. The van der Waals surface area contributed by atoms with Gasteiger partial charge in [0, 0.05) is 6.42 Å². The van der Waals surface area contributed by atoms with Crippen LogP contribution in [0.4, 0.5) is 0 Å². The Bertz CT molecular complexity index is 739. The molecular formula is C18H22N4O3. The van der Waals surface area contributed by atoms with E-state index in [2.05, 4.69) is 21.5 Å². The number of fused-ring (bicyclic) bond motifs is 1. The van der Waals surface area contributed by atoms with Gasteiger partial charge in [0.2, 0.25) is 5.91 Å². The molecule has 1 aliphatic heterocycles. The summed E-state index contributed by atoms with van der Waals surface area (Å²) in [6.45, 7) is 1.67. The highest BCUT2D eigenvalue weighted by Gasteiger charge is 2.37. The van der Waals surface area contributed by atoms with Crippen LogP contribution in [0.5, 0.6) is 11.5 Å². The van der Waals surface area contributed by atoms with Crippen molar-refractivity contribution in [3.63, 3.8) is 0 Å². The van der Waals surface area contributed by atoms with Crippen molar-refractivity contribution in [1.82, 2.24) is 20.1 Å². The van der Waals surface area contributed by atoms with E-state index in [4.69, 9.17) is 9.47 Å². The van der Waals surface area contributed by atoms with Crippen molar-refractivity contribution in [1.29, 1.82) is 0 Å². The van der Waals surface area contributed by atoms with Gasteiger partial charge in [0.1, 0.15) is 25.9 Å². The highest BCUT2D eigenvalue weighted by Crippen LogP contribution is 2.42.